The van der Waals surface area contributed by atoms with Crippen molar-refractivity contribution in [2.45, 2.75) is 45.1 Å². The number of halogens is 1. The average molecular weight is 611 g/mol. The third-order valence-corrected chi connectivity index (χ3v) is 7.35. The Labute approximate surface area is 264 Å². The van der Waals surface area contributed by atoms with E-state index in [1.807, 2.05) is 55.5 Å². The smallest absolute Gasteiger partial charge is 0.328 e. The van der Waals surface area contributed by atoms with Gasteiger partial charge in [0.25, 0.3) is 0 Å². The predicted molar refractivity (Wildman–Crippen MR) is 174 cm³/mol. The molecule has 0 aromatic heterocycles. The highest BCUT2D eigenvalue weighted by atomic mass is 19.1. The van der Waals surface area contributed by atoms with Gasteiger partial charge in [-0.05, 0) is 60.9 Å². The van der Waals surface area contributed by atoms with Crippen molar-refractivity contribution >= 4 is 29.0 Å². The molecule has 1 N–H and O–H groups in total. The minimum atomic E-state index is -0.731. The lowest BCUT2D eigenvalue weighted by molar-refractivity contribution is -0.141. The molecule has 0 aliphatic heterocycles. The molecule has 4 aromatic rings. The van der Waals surface area contributed by atoms with Gasteiger partial charge in [0.1, 0.15) is 17.6 Å². The summed E-state index contributed by atoms with van der Waals surface area (Å²) >= 11 is 0. The molecule has 234 valence electrons. The van der Waals surface area contributed by atoms with Gasteiger partial charge in [0.05, 0.1) is 13.7 Å². The van der Waals surface area contributed by atoms with Crippen LogP contribution in [0.1, 0.15) is 54.1 Å². The SMILES string of the molecule is CCCCC(=O)N(CCCOc1ccc(C[C@H](Nc2ccccc2C(=O)c2ccccc2)C(=O)OC)cc1)c1cccc(F)c1. The van der Waals surface area contributed by atoms with E-state index >= 15 is 0 Å². The van der Waals surface area contributed by atoms with Crippen molar-refractivity contribution < 1.29 is 28.2 Å². The number of nitrogens with one attached hydrogen (secondary N) is 1. The van der Waals surface area contributed by atoms with Gasteiger partial charge < -0.3 is 19.7 Å². The molecular weight excluding hydrogens is 571 g/mol. The van der Waals surface area contributed by atoms with E-state index in [1.54, 1.807) is 47.4 Å². The summed E-state index contributed by atoms with van der Waals surface area (Å²) in [5, 5.41) is 3.22. The normalized spacial score (nSPS) is 11.4. The number of anilines is 2. The lowest BCUT2D eigenvalue weighted by Crippen LogP contribution is -2.33. The molecule has 45 heavy (non-hydrogen) atoms. The Morgan fingerprint density at radius 1 is 0.867 bits per heavy atom. The first kappa shape index (κ1) is 32.9. The van der Waals surface area contributed by atoms with Gasteiger partial charge in [0.15, 0.2) is 5.78 Å². The summed E-state index contributed by atoms with van der Waals surface area (Å²) in [6.45, 7) is 2.80. The Morgan fingerprint density at radius 2 is 1.60 bits per heavy atom. The second kappa shape index (κ2) is 16.8. The molecule has 7 nitrogen and oxygen atoms in total. The van der Waals surface area contributed by atoms with Gasteiger partial charge >= 0.3 is 5.97 Å². The van der Waals surface area contributed by atoms with Crippen LogP contribution in [0.25, 0.3) is 0 Å². The average Bonchev–Trinajstić information content (AvgIpc) is 3.07. The predicted octanol–water partition coefficient (Wildman–Crippen LogP) is 7.25. The van der Waals surface area contributed by atoms with Gasteiger partial charge in [-0.25, -0.2) is 9.18 Å². The number of rotatable bonds is 16. The summed E-state index contributed by atoms with van der Waals surface area (Å²) < 4.78 is 24.8. The minimum Gasteiger partial charge on any atom is -0.494 e. The number of unbranched alkanes of at least 4 members (excludes halogenated alkanes) is 1. The molecule has 0 radical (unpaired) electrons. The van der Waals surface area contributed by atoms with Crippen molar-refractivity contribution in [1.82, 2.24) is 0 Å². The minimum absolute atomic E-state index is 0.0346. The van der Waals surface area contributed by atoms with E-state index in [1.165, 1.54) is 19.2 Å². The van der Waals surface area contributed by atoms with Gasteiger partial charge in [0.2, 0.25) is 5.91 Å². The van der Waals surface area contributed by atoms with Gasteiger partial charge in [-0.3, -0.25) is 9.59 Å². The molecular formula is C37H39FN2O5. The van der Waals surface area contributed by atoms with Crippen LogP contribution >= 0.6 is 0 Å². The fourth-order valence-corrected chi connectivity index (χ4v) is 4.95. The Bertz CT molecular complexity index is 1560. The van der Waals surface area contributed by atoms with Crippen molar-refractivity contribution in [2.75, 3.05) is 30.5 Å². The van der Waals surface area contributed by atoms with E-state index in [0.717, 1.165) is 18.4 Å². The molecule has 0 aliphatic carbocycles. The molecule has 1 atom stereocenters. The summed E-state index contributed by atoms with van der Waals surface area (Å²) in [6, 6.07) is 28.8. The third kappa shape index (κ3) is 9.50. The number of nitrogens with zero attached hydrogens (tertiary/aromatic N) is 1. The summed E-state index contributed by atoms with van der Waals surface area (Å²) in [4.78, 5) is 40.4. The number of para-hydroxylation sites is 1. The number of methoxy groups -OCH3 is 1. The monoisotopic (exact) mass is 610 g/mol. The van der Waals surface area contributed by atoms with Crippen LogP contribution in [0.3, 0.4) is 0 Å². The second-order valence-corrected chi connectivity index (χ2v) is 10.6. The van der Waals surface area contributed by atoms with Crippen molar-refractivity contribution in [1.29, 1.82) is 0 Å². The molecule has 0 spiro atoms. The lowest BCUT2D eigenvalue weighted by atomic mass is 10.00. The summed E-state index contributed by atoms with van der Waals surface area (Å²) in [6.07, 6.45) is 2.97. The molecule has 4 aromatic carbocycles. The zero-order chi connectivity index (χ0) is 32.0. The molecule has 0 saturated carbocycles. The van der Waals surface area contributed by atoms with Crippen LogP contribution in [-0.2, 0) is 20.7 Å². The van der Waals surface area contributed by atoms with E-state index in [-0.39, 0.29) is 17.5 Å². The van der Waals surface area contributed by atoms with Crippen LogP contribution in [0.5, 0.6) is 5.75 Å². The van der Waals surface area contributed by atoms with Crippen molar-refractivity contribution in [3.05, 3.63) is 126 Å². The van der Waals surface area contributed by atoms with Crippen molar-refractivity contribution in [3.63, 3.8) is 0 Å². The van der Waals surface area contributed by atoms with Crippen LogP contribution in [-0.4, -0.2) is 44.0 Å². The van der Waals surface area contributed by atoms with Gasteiger partial charge in [-0.2, -0.15) is 0 Å². The molecule has 0 fully saturated rings. The Hall–Kier alpha value is -4.98. The fourth-order valence-electron chi connectivity index (χ4n) is 4.95. The maximum absolute atomic E-state index is 13.8. The van der Waals surface area contributed by atoms with Crippen molar-refractivity contribution in [2.24, 2.45) is 0 Å². The van der Waals surface area contributed by atoms with E-state index in [2.05, 4.69) is 5.32 Å². The first-order valence-corrected chi connectivity index (χ1v) is 15.2. The Balaban J connectivity index is 1.36. The number of hydrogen-bond donors (Lipinski definition) is 1. The highest BCUT2D eigenvalue weighted by Crippen LogP contribution is 2.23. The molecule has 4 rings (SSSR count). The molecule has 0 heterocycles. The van der Waals surface area contributed by atoms with E-state index in [4.69, 9.17) is 9.47 Å². The van der Waals surface area contributed by atoms with Crippen LogP contribution in [0.4, 0.5) is 15.8 Å². The molecule has 1 amide bonds. The standard InChI is InChI=1S/C37H39FN2O5/c1-3-4-18-35(41)40(30-15-10-14-29(38)26-30)23-11-24-45-31-21-19-27(20-22-31)25-34(37(43)44-2)39-33-17-9-8-16-32(33)36(42)28-12-6-5-7-13-28/h5-10,12-17,19-22,26,34,39H,3-4,11,18,23-25H2,1-2H3/t34-/m0/s1. The quantitative estimate of drug-likeness (QED) is 0.0818. The van der Waals surface area contributed by atoms with E-state index in [9.17, 15) is 18.8 Å². The number of benzene rings is 4. The molecule has 0 bridgehead atoms. The van der Waals surface area contributed by atoms with Crippen LogP contribution < -0.4 is 15.0 Å². The molecule has 0 unspecified atom stereocenters. The van der Waals surface area contributed by atoms with Crippen LogP contribution in [0, 0.1) is 5.82 Å². The van der Waals surface area contributed by atoms with Gasteiger partial charge in [0, 0.05) is 41.9 Å². The lowest BCUT2D eigenvalue weighted by Gasteiger charge is -2.23. The highest BCUT2D eigenvalue weighted by molar-refractivity contribution is 6.12. The number of ketones is 1. The molecule has 0 saturated heterocycles. The maximum atomic E-state index is 13.8. The number of amides is 1. The maximum Gasteiger partial charge on any atom is 0.328 e. The number of hydrogen-bond acceptors (Lipinski definition) is 6. The first-order valence-electron chi connectivity index (χ1n) is 15.2. The van der Waals surface area contributed by atoms with Gasteiger partial charge in [-0.15, -0.1) is 0 Å². The second-order valence-electron chi connectivity index (χ2n) is 10.6. The number of ether oxygens (including phenoxy) is 2. The van der Waals surface area contributed by atoms with Crippen LogP contribution in [0.15, 0.2) is 103 Å². The molecule has 0 aliphatic rings. The molecule has 8 heteroatoms. The van der Waals surface area contributed by atoms with Crippen molar-refractivity contribution in [3.8, 4) is 5.75 Å². The Kier molecular flexibility index (Phi) is 12.3. The topological polar surface area (TPSA) is 84.9 Å². The van der Waals surface area contributed by atoms with E-state index < -0.39 is 12.0 Å². The number of carbonyl (C=O) groups is 3. The highest BCUT2D eigenvalue weighted by Gasteiger charge is 2.23. The summed E-state index contributed by atoms with van der Waals surface area (Å²) in [5.74, 6) is -0.365. The fraction of sp³-hybridized carbons (Fsp3) is 0.270. The largest absolute Gasteiger partial charge is 0.494 e. The third-order valence-electron chi connectivity index (χ3n) is 7.35. The first-order chi connectivity index (χ1) is 21.9. The van der Waals surface area contributed by atoms with Crippen LogP contribution in [0.2, 0.25) is 0 Å². The van der Waals surface area contributed by atoms with Gasteiger partial charge in [-0.1, -0.05) is 74.0 Å². The van der Waals surface area contributed by atoms with E-state index in [0.29, 0.717) is 60.7 Å². The number of carbonyl (C=O) groups excluding carboxylic acids is 3. The zero-order valence-corrected chi connectivity index (χ0v) is 25.7. The Morgan fingerprint density at radius 3 is 2.31 bits per heavy atom. The zero-order valence-electron chi connectivity index (χ0n) is 25.7. The summed E-state index contributed by atoms with van der Waals surface area (Å²) in [7, 11) is 1.34. The summed E-state index contributed by atoms with van der Waals surface area (Å²) in [5.41, 5.74) is 2.98. The number of esters is 1.